The zero-order chi connectivity index (χ0) is 14.4. The summed E-state index contributed by atoms with van der Waals surface area (Å²) >= 11 is 0. The van der Waals surface area contributed by atoms with Crippen LogP contribution in [0, 0.1) is 5.92 Å². The van der Waals surface area contributed by atoms with Gasteiger partial charge in [-0.15, -0.1) is 6.58 Å². The minimum Gasteiger partial charge on any atom is -0.390 e. The maximum absolute atomic E-state index is 10.8. The molecule has 2 N–H and O–H groups in total. The van der Waals surface area contributed by atoms with Crippen molar-refractivity contribution >= 4 is 0 Å². The number of benzene rings is 1. The Morgan fingerprint density at radius 3 is 2.45 bits per heavy atom. The molecule has 2 heteroatoms. The van der Waals surface area contributed by atoms with Crippen LogP contribution in [0.2, 0.25) is 0 Å². The number of aliphatic hydroxyl groups is 2. The topological polar surface area (TPSA) is 40.5 Å². The van der Waals surface area contributed by atoms with E-state index in [2.05, 4.69) is 18.7 Å². The predicted molar refractivity (Wildman–Crippen MR) is 82.5 cm³/mol. The largest absolute Gasteiger partial charge is 0.390 e. The zero-order valence-electron chi connectivity index (χ0n) is 12.2. The van der Waals surface area contributed by atoms with Crippen LogP contribution in [-0.2, 0) is 6.42 Å². The summed E-state index contributed by atoms with van der Waals surface area (Å²) in [4.78, 5) is 0. The van der Waals surface area contributed by atoms with Crippen molar-refractivity contribution in [2.45, 2.75) is 56.7 Å². The van der Waals surface area contributed by atoms with Crippen LogP contribution in [0.25, 0.3) is 0 Å². The van der Waals surface area contributed by atoms with E-state index < -0.39 is 11.7 Å². The van der Waals surface area contributed by atoms with Crippen LogP contribution in [0.15, 0.2) is 43.0 Å². The maximum Gasteiger partial charge on any atom is 0.111 e. The second kappa shape index (κ2) is 7.05. The molecule has 110 valence electrons. The van der Waals surface area contributed by atoms with Crippen molar-refractivity contribution in [3.8, 4) is 0 Å². The highest BCUT2D eigenvalue weighted by Gasteiger charge is 2.40. The molecule has 0 radical (unpaired) electrons. The molecule has 2 nitrogen and oxygen atoms in total. The summed E-state index contributed by atoms with van der Waals surface area (Å²) in [6, 6.07) is 10.1. The van der Waals surface area contributed by atoms with Gasteiger partial charge in [-0.2, -0.15) is 0 Å². The van der Waals surface area contributed by atoms with E-state index >= 15 is 0 Å². The standard InChI is InChI=1S/C18H26O2/c1-2-18(20,16-11-7-4-8-12-16)17(19)14-13-15-9-5-3-6-10-15/h2-3,5-6,9-10,16-17,19-20H,1,4,7-8,11-14H2. The monoisotopic (exact) mass is 274 g/mol. The van der Waals surface area contributed by atoms with E-state index in [-0.39, 0.29) is 5.92 Å². The van der Waals surface area contributed by atoms with Crippen LogP contribution in [0.4, 0.5) is 0 Å². The molecule has 2 rings (SSSR count). The lowest BCUT2D eigenvalue weighted by molar-refractivity contribution is -0.0894. The normalized spacial score (nSPS) is 21.1. The van der Waals surface area contributed by atoms with Crippen LogP contribution < -0.4 is 0 Å². The number of hydrogen-bond donors (Lipinski definition) is 2. The fraction of sp³-hybridized carbons (Fsp3) is 0.556. The Balaban J connectivity index is 1.97. The molecule has 0 spiro atoms. The molecule has 0 aliphatic heterocycles. The SMILES string of the molecule is C=CC(O)(C(O)CCc1ccccc1)C1CCCCC1. The third-order valence-corrected chi connectivity index (χ3v) is 4.67. The second-order valence-electron chi connectivity index (χ2n) is 5.97. The minimum absolute atomic E-state index is 0.152. The average molecular weight is 274 g/mol. The molecule has 1 aliphatic rings. The van der Waals surface area contributed by atoms with Crippen LogP contribution >= 0.6 is 0 Å². The van der Waals surface area contributed by atoms with E-state index in [4.69, 9.17) is 0 Å². The first kappa shape index (κ1) is 15.3. The van der Waals surface area contributed by atoms with Crippen molar-refractivity contribution in [1.82, 2.24) is 0 Å². The minimum atomic E-state index is -1.13. The van der Waals surface area contributed by atoms with E-state index in [0.29, 0.717) is 6.42 Å². The highest BCUT2D eigenvalue weighted by molar-refractivity contribution is 5.15. The third kappa shape index (κ3) is 3.50. The first-order valence-electron chi connectivity index (χ1n) is 7.75. The Labute approximate surface area is 122 Å². The molecule has 0 saturated heterocycles. The Morgan fingerprint density at radius 1 is 1.20 bits per heavy atom. The quantitative estimate of drug-likeness (QED) is 0.780. The van der Waals surface area contributed by atoms with Crippen molar-refractivity contribution in [1.29, 1.82) is 0 Å². The van der Waals surface area contributed by atoms with Crippen molar-refractivity contribution in [3.63, 3.8) is 0 Å². The van der Waals surface area contributed by atoms with E-state index in [1.807, 2.05) is 18.2 Å². The van der Waals surface area contributed by atoms with Crippen LogP contribution in [0.3, 0.4) is 0 Å². The van der Waals surface area contributed by atoms with Gasteiger partial charge < -0.3 is 10.2 Å². The molecule has 1 aromatic carbocycles. The average Bonchev–Trinajstić information content (AvgIpc) is 2.53. The third-order valence-electron chi connectivity index (χ3n) is 4.67. The van der Waals surface area contributed by atoms with E-state index in [9.17, 15) is 10.2 Å². The van der Waals surface area contributed by atoms with E-state index in [1.165, 1.54) is 12.0 Å². The number of rotatable bonds is 6. The molecule has 20 heavy (non-hydrogen) atoms. The summed E-state index contributed by atoms with van der Waals surface area (Å²) in [6.45, 7) is 3.77. The van der Waals surface area contributed by atoms with E-state index in [0.717, 1.165) is 32.1 Å². The van der Waals surface area contributed by atoms with Crippen molar-refractivity contribution in [2.75, 3.05) is 0 Å². The Morgan fingerprint density at radius 2 is 1.85 bits per heavy atom. The van der Waals surface area contributed by atoms with Gasteiger partial charge in [-0.25, -0.2) is 0 Å². The summed E-state index contributed by atoms with van der Waals surface area (Å²) < 4.78 is 0. The van der Waals surface area contributed by atoms with Gasteiger partial charge in [0.1, 0.15) is 5.60 Å². The Kier molecular flexibility index (Phi) is 5.38. The first-order valence-corrected chi connectivity index (χ1v) is 7.75. The smallest absolute Gasteiger partial charge is 0.111 e. The molecular weight excluding hydrogens is 248 g/mol. The van der Waals surface area contributed by atoms with Gasteiger partial charge in [-0.3, -0.25) is 0 Å². The Hall–Kier alpha value is -1.12. The summed E-state index contributed by atoms with van der Waals surface area (Å²) in [5.41, 5.74) is 0.0662. The molecule has 1 aliphatic carbocycles. The highest BCUT2D eigenvalue weighted by atomic mass is 16.3. The molecule has 0 heterocycles. The number of aryl methyl sites for hydroxylation is 1. The fourth-order valence-corrected chi connectivity index (χ4v) is 3.32. The lowest BCUT2D eigenvalue weighted by Gasteiger charge is -2.39. The molecule has 1 saturated carbocycles. The lowest BCUT2D eigenvalue weighted by Crippen LogP contribution is -2.48. The summed E-state index contributed by atoms with van der Waals surface area (Å²) in [6.07, 6.45) is 7.70. The molecular formula is C18H26O2. The second-order valence-corrected chi connectivity index (χ2v) is 5.97. The molecule has 0 bridgehead atoms. The zero-order valence-corrected chi connectivity index (χ0v) is 12.2. The van der Waals surface area contributed by atoms with Crippen LogP contribution in [0.5, 0.6) is 0 Å². The molecule has 1 aromatic rings. The molecule has 2 unspecified atom stereocenters. The lowest BCUT2D eigenvalue weighted by atomic mass is 9.73. The van der Waals surface area contributed by atoms with Crippen LogP contribution in [-0.4, -0.2) is 21.9 Å². The number of aliphatic hydroxyl groups excluding tert-OH is 1. The molecule has 0 amide bonds. The summed E-state index contributed by atoms with van der Waals surface area (Å²) in [5.74, 6) is 0.152. The van der Waals surface area contributed by atoms with Gasteiger partial charge in [-0.1, -0.05) is 55.7 Å². The molecule has 1 fully saturated rings. The fourth-order valence-electron chi connectivity index (χ4n) is 3.32. The maximum atomic E-state index is 10.8. The van der Waals surface area contributed by atoms with Gasteiger partial charge >= 0.3 is 0 Å². The van der Waals surface area contributed by atoms with Crippen LogP contribution in [0.1, 0.15) is 44.1 Å². The summed E-state index contributed by atoms with van der Waals surface area (Å²) in [7, 11) is 0. The summed E-state index contributed by atoms with van der Waals surface area (Å²) in [5, 5.41) is 21.3. The molecule has 0 aromatic heterocycles. The van der Waals surface area contributed by atoms with E-state index in [1.54, 1.807) is 6.08 Å². The van der Waals surface area contributed by atoms with Crippen molar-refractivity contribution in [2.24, 2.45) is 5.92 Å². The molecule has 2 atom stereocenters. The van der Waals surface area contributed by atoms with Gasteiger partial charge in [0.2, 0.25) is 0 Å². The van der Waals surface area contributed by atoms with Gasteiger partial charge in [0, 0.05) is 0 Å². The Bertz CT molecular complexity index is 409. The predicted octanol–water partition coefficient (Wildman–Crippen LogP) is 3.48. The van der Waals surface area contributed by atoms with Gasteiger partial charge in [0.25, 0.3) is 0 Å². The first-order chi connectivity index (χ1) is 9.66. The highest BCUT2D eigenvalue weighted by Crippen LogP contribution is 2.36. The van der Waals surface area contributed by atoms with Crippen molar-refractivity contribution in [3.05, 3.63) is 48.6 Å². The van der Waals surface area contributed by atoms with Crippen molar-refractivity contribution < 1.29 is 10.2 Å². The van der Waals surface area contributed by atoms with Gasteiger partial charge in [-0.05, 0) is 37.2 Å². The van der Waals surface area contributed by atoms with Gasteiger partial charge in [0.05, 0.1) is 6.10 Å². The van der Waals surface area contributed by atoms with Gasteiger partial charge in [0.15, 0.2) is 0 Å². The number of hydrogen-bond acceptors (Lipinski definition) is 2.